The molecule has 1 aliphatic heterocycles. The quantitative estimate of drug-likeness (QED) is 0.615. The van der Waals surface area contributed by atoms with E-state index in [9.17, 15) is 4.79 Å². The van der Waals surface area contributed by atoms with Crippen LogP contribution in [0.25, 0.3) is 0 Å². The first-order valence-electron chi connectivity index (χ1n) is 9.82. The van der Waals surface area contributed by atoms with E-state index in [1.807, 2.05) is 44.2 Å². The highest BCUT2D eigenvalue weighted by Crippen LogP contribution is 2.18. The first-order valence-corrected chi connectivity index (χ1v) is 9.82. The van der Waals surface area contributed by atoms with Gasteiger partial charge in [-0.3, -0.25) is 10.1 Å². The normalized spacial score (nSPS) is 16.9. The molecule has 0 aliphatic carbocycles. The van der Waals surface area contributed by atoms with E-state index in [1.165, 1.54) is 5.56 Å². The summed E-state index contributed by atoms with van der Waals surface area (Å²) in [7, 11) is 0. The molecule has 5 nitrogen and oxygen atoms in total. The average Bonchev–Trinajstić information content (AvgIpc) is 3.19. The van der Waals surface area contributed by atoms with Crippen LogP contribution in [0.5, 0.6) is 0 Å². The van der Waals surface area contributed by atoms with Crippen molar-refractivity contribution in [2.24, 2.45) is 4.99 Å². The fourth-order valence-corrected chi connectivity index (χ4v) is 3.17. The molecule has 1 aliphatic rings. The maximum absolute atomic E-state index is 12.8. The Morgan fingerprint density at radius 1 is 1.11 bits per heavy atom. The van der Waals surface area contributed by atoms with Crippen molar-refractivity contribution in [3.8, 4) is 0 Å². The second kappa shape index (κ2) is 9.02. The second-order valence-corrected chi connectivity index (χ2v) is 7.45. The summed E-state index contributed by atoms with van der Waals surface area (Å²) in [6.45, 7) is 9.48. The zero-order valence-corrected chi connectivity index (χ0v) is 17.1. The summed E-state index contributed by atoms with van der Waals surface area (Å²) in [5.41, 5.74) is 6.13. The predicted octanol–water partition coefficient (Wildman–Crippen LogP) is 4.30. The Kier molecular flexibility index (Phi) is 6.47. The highest BCUT2D eigenvalue weighted by Gasteiger charge is 2.16. The molecule has 0 bridgehead atoms. The van der Waals surface area contributed by atoms with Crippen LogP contribution in [0.2, 0.25) is 0 Å². The molecular weight excluding hydrogens is 350 g/mol. The minimum Gasteiger partial charge on any atom is -0.376 e. The number of nitrogens with one attached hydrogen (secondary N) is 2. The lowest BCUT2D eigenvalue weighted by atomic mass is 10.1. The lowest BCUT2D eigenvalue weighted by Crippen LogP contribution is -2.37. The van der Waals surface area contributed by atoms with E-state index in [0.29, 0.717) is 18.1 Å². The summed E-state index contributed by atoms with van der Waals surface area (Å²) in [6.07, 6.45) is 2.19. The number of aliphatic imine (C=N–C) groups is 1. The number of rotatable bonds is 4. The Bertz CT molecular complexity index is 883. The van der Waals surface area contributed by atoms with Crippen molar-refractivity contribution < 1.29 is 9.53 Å². The van der Waals surface area contributed by atoms with Crippen LogP contribution in [0.4, 0.5) is 5.69 Å². The number of ether oxygens (including phenoxy) is 1. The van der Waals surface area contributed by atoms with Crippen molar-refractivity contribution in [2.45, 2.75) is 46.6 Å². The fraction of sp³-hybridized carbons (Fsp3) is 0.391. The van der Waals surface area contributed by atoms with Crippen molar-refractivity contribution >= 4 is 17.6 Å². The Morgan fingerprint density at radius 3 is 2.64 bits per heavy atom. The average molecular weight is 380 g/mol. The Morgan fingerprint density at radius 2 is 1.93 bits per heavy atom. The van der Waals surface area contributed by atoms with E-state index in [4.69, 9.17) is 4.74 Å². The lowest BCUT2D eigenvalue weighted by molar-refractivity contribution is 0.0975. The molecule has 0 saturated carbocycles. The number of amides is 1. The topological polar surface area (TPSA) is 62.7 Å². The van der Waals surface area contributed by atoms with Gasteiger partial charge >= 0.3 is 0 Å². The van der Waals surface area contributed by atoms with E-state index in [0.717, 1.165) is 41.8 Å². The monoisotopic (exact) mass is 379 g/mol. The van der Waals surface area contributed by atoms with Crippen LogP contribution in [-0.2, 0) is 4.74 Å². The van der Waals surface area contributed by atoms with Crippen LogP contribution in [-0.4, -0.2) is 31.1 Å². The summed E-state index contributed by atoms with van der Waals surface area (Å²) >= 11 is 0. The molecular formula is C23H29N3O2. The van der Waals surface area contributed by atoms with Crippen LogP contribution in [0.15, 0.2) is 41.4 Å². The Balaban J connectivity index is 1.80. The first kappa shape index (κ1) is 20.1. The Labute approximate surface area is 167 Å². The molecule has 0 unspecified atom stereocenters. The van der Waals surface area contributed by atoms with E-state index >= 15 is 0 Å². The van der Waals surface area contributed by atoms with Crippen molar-refractivity contribution in [3.63, 3.8) is 0 Å². The molecule has 2 N–H and O–H groups in total. The van der Waals surface area contributed by atoms with Crippen molar-refractivity contribution in [3.05, 3.63) is 64.2 Å². The van der Waals surface area contributed by atoms with Gasteiger partial charge in [-0.2, -0.15) is 0 Å². The van der Waals surface area contributed by atoms with Gasteiger partial charge in [0.2, 0.25) is 5.96 Å². The molecule has 1 amide bonds. The minimum absolute atomic E-state index is 0.119. The molecule has 2 aromatic carbocycles. The van der Waals surface area contributed by atoms with Crippen LogP contribution >= 0.6 is 0 Å². The van der Waals surface area contributed by atoms with E-state index in [-0.39, 0.29) is 12.0 Å². The van der Waals surface area contributed by atoms with Crippen LogP contribution in [0.1, 0.15) is 45.5 Å². The maximum Gasteiger partial charge on any atom is 0.257 e. The zero-order valence-electron chi connectivity index (χ0n) is 17.1. The largest absolute Gasteiger partial charge is 0.376 e. The summed E-state index contributed by atoms with van der Waals surface area (Å²) in [6, 6.07) is 11.8. The number of hydrogen-bond acceptors (Lipinski definition) is 3. The van der Waals surface area contributed by atoms with Gasteiger partial charge in [-0.1, -0.05) is 18.2 Å². The van der Waals surface area contributed by atoms with Gasteiger partial charge in [0, 0.05) is 17.9 Å². The molecule has 1 heterocycles. The molecule has 2 aromatic rings. The van der Waals surface area contributed by atoms with E-state index in [2.05, 4.69) is 35.5 Å². The first-order chi connectivity index (χ1) is 13.4. The van der Waals surface area contributed by atoms with E-state index < -0.39 is 0 Å². The molecule has 5 heteroatoms. The third-order valence-electron chi connectivity index (χ3n) is 5.34. The number of anilines is 1. The summed E-state index contributed by atoms with van der Waals surface area (Å²) in [5, 5.41) is 6.24. The minimum atomic E-state index is -0.174. The molecule has 1 fully saturated rings. The molecule has 3 rings (SSSR count). The molecule has 0 spiro atoms. The van der Waals surface area contributed by atoms with Crippen molar-refractivity contribution in [2.75, 3.05) is 18.5 Å². The third kappa shape index (κ3) is 4.98. The van der Waals surface area contributed by atoms with Gasteiger partial charge in [0.1, 0.15) is 0 Å². The molecule has 0 aromatic heterocycles. The lowest BCUT2D eigenvalue weighted by Gasteiger charge is -2.16. The number of carbonyl (C=O) groups excluding carboxylic acids is 1. The molecule has 148 valence electrons. The van der Waals surface area contributed by atoms with Crippen LogP contribution < -0.4 is 10.6 Å². The van der Waals surface area contributed by atoms with Crippen LogP contribution in [0.3, 0.4) is 0 Å². The van der Waals surface area contributed by atoms with Crippen molar-refractivity contribution in [1.29, 1.82) is 0 Å². The number of aryl methyl sites for hydroxylation is 3. The van der Waals surface area contributed by atoms with Gasteiger partial charge in [0.25, 0.3) is 5.91 Å². The third-order valence-corrected chi connectivity index (χ3v) is 5.34. The fourth-order valence-electron chi connectivity index (χ4n) is 3.17. The van der Waals surface area contributed by atoms with Gasteiger partial charge < -0.3 is 10.1 Å². The number of nitrogens with zero attached hydrogens (tertiary/aromatic N) is 1. The summed E-state index contributed by atoms with van der Waals surface area (Å²) in [5.74, 6) is 0.277. The van der Waals surface area contributed by atoms with Gasteiger partial charge in [-0.05, 0) is 81.0 Å². The molecule has 1 atom stereocenters. The van der Waals surface area contributed by atoms with Gasteiger partial charge in [-0.25, -0.2) is 4.99 Å². The SMILES string of the molecule is Cc1ccc(C(=O)NC(=NC[C@H]2CCCO2)Nc2cccc(C)c2C)cc1C. The van der Waals surface area contributed by atoms with Gasteiger partial charge in [0.05, 0.1) is 12.6 Å². The molecule has 28 heavy (non-hydrogen) atoms. The van der Waals surface area contributed by atoms with Gasteiger partial charge in [0.15, 0.2) is 0 Å². The van der Waals surface area contributed by atoms with Gasteiger partial charge in [-0.15, -0.1) is 0 Å². The Hall–Kier alpha value is -2.66. The van der Waals surface area contributed by atoms with E-state index in [1.54, 1.807) is 0 Å². The maximum atomic E-state index is 12.8. The molecule has 0 radical (unpaired) electrons. The zero-order chi connectivity index (χ0) is 20.1. The summed E-state index contributed by atoms with van der Waals surface area (Å²) in [4.78, 5) is 17.4. The highest BCUT2D eigenvalue weighted by molar-refractivity contribution is 6.10. The number of guanidine groups is 1. The number of benzene rings is 2. The highest BCUT2D eigenvalue weighted by atomic mass is 16.5. The number of hydrogen-bond donors (Lipinski definition) is 2. The summed E-state index contributed by atoms with van der Waals surface area (Å²) < 4.78 is 5.67. The molecule has 1 saturated heterocycles. The standard InChI is InChI=1S/C23H29N3O2/c1-15-10-11-19(13-17(15)3)22(27)26-23(24-14-20-8-6-12-28-20)25-21-9-5-7-16(2)18(21)4/h5,7,9-11,13,20H,6,8,12,14H2,1-4H3,(H2,24,25,26,27)/t20-/m1/s1. The number of carbonyl (C=O) groups is 1. The van der Waals surface area contributed by atoms with Crippen molar-refractivity contribution in [1.82, 2.24) is 5.32 Å². The van der Waals surface area contributed by atoms with Crippen LogP contribution in [0, 0.1) is 27.7 Å². The predicted molar refractivity (Wildman–Crippen MR) is 114 cm³/mol. The second-order valence-electron chi connectivity index (χ2n) is 7.45. The smallest absolute Gasteiger partial charge is 0.257 e.